The highest BCUT2D eigenvalue weighted by molar-refractivity contribution is 5.15. The van der Waals surface area contributed by atoms with Crippen molar-refractivity contribution < 1.29 is 9.84 Å². The maximum atomic E-state index is 10.5. The number of rotatable bonds is 6. The number of hydrogen-bond acceptors (Lipinski definition) is 2. The van der Waals surface area contributed by atoms with E-state index in [2.05, 4.69) is 19.6 Å². The van der Waals surface area contributed by atoms with Crippen molar-refractivity contribution >= 4 is 0 Å². The molecule has 0 spiro atoms. The third-order valence-corrected chi connectivity index (χ3v) is 10.8. The predicted octanol–water partition coefficient (Wildman–Crippen LogP) is 8.82. The second-order valence-corrected chi connectivity index (χ2v) is 12.0. The number of hydrogen-bond donors (Lipinski definition) is 1. The van der Waals surface area contributed by atoms with Crippen LogP contribution in [0.25, 0.3) is 0 Å². The maximum Gasteiger partial charge on any atom is 0.0713 e. The van der Waals surface area contributed by atoms with Crippen molar-refractivity contribution in [2.75, 3.05) is 6.61 Å². The normalized spacial score (nSPS) is 44.0. The first-order valence-electron chi connectivity index (χ1n) is 15.5. The van der Waals surface area contributed by atoms with E-state index in [9.17, 15) is 5.11 Å². The molecule has 0 aromatic carbocycles. The Labute approximate surface area is 212 Å². The SMILES string of the molecule is C=CC12CCC3C4CCCC(OCCC)(C5CC5)CC4CCC3C1CCC2C(C)O.CC.CC. The molecule has 0 radical (unpaired) electrons. The molecule has 1 N–H and O–H groups in total. The lowest BCUT2D eigenvalue weighted by Crippen LogP contribution is -2.49. The Hall–Kier alpha value is -0.340. The zero-order valence-corrected chi connectivity index (χ0v) is 23.7. The summed E-state index contributed by atoms with van der Waals surface area (Å²) in [6.45, 7) is 17.6. The summed E-state index contributed by atoms with van der Waals surface area (Å²) in [6.07, 6.45) is 19.7. The van der Waals surface area contributed by atoms with Crippen molar-refractivity contribution in [3.63, 3.8) is 0 Å². The summed E-state index contributed by atoms with van der Waals surface area (Å²) in [6, 6.07) is 0. The van der Waals surface area contributed by atoms with Gasteiger partial charge in [-0.25, -0.2) is 0 Å². The number of ether oxygens (including phenoxy) is 1. The van der Waals surface area contributed by atoms with Crippen molar-refractivity contribution in [2.45, 2.75) is 137 Å². The van der Waals surface area contributed by atoms with Gasteiger partial charge in [-0.15, -0.1) is 6.58 Å². The van der Waals surface area contributed by atoms with Crippen LogP contribution in [0.3, 0.4) is 0 Å². The van der Waals surface area contributed by atoms with Crippen molar-refractivity contribution in [3.8, 4) is 0 Å². The molecule has 5 fully saturated rings. The fourth-order valence-corrected chi connectivity index (χ4v) is 9.52. The molecule has 9 atom stereocenters. The first-order valence-corrected chi connectivity index (χ1v) is 15.5. The quantitative estimate of drug-likeness (QED) is 0.390. The molecular formula is C32H58O2. The van der Waals surface area contributed by atoms with Gasteiger partial charge in [0.15, 0.2) is 0 Å². The second-order valence-electron chi connectivity index (χ2n) is 12.0. The highest BCUT2D eigenvalue weighted by Crippen LogP contribution is 2.66. The van der Waals surface area contributed by atoms with E-state index < -0.39 is 0 Å². The molecule has 0 aromatic rings. The molecular weight excluding hydrogens is 416 g/mol. The third kappa shape index (κ3) is 5.06. The van der Waals surface area contributed by atoms with Crippen LogP contribution in [0.5, 0.6) is 0 Å². The van der Waals surface area contributed by atoms with Gasteiger partial charge in [0.1, 0.15) is 0 Å². The van der Waals surface area contributed by atoms with Gasteiger partial charge >= 0.3 is 0 Å². The molecule has 0 aromatic heterocycles. The van der Waals surface area contributed by atoms with Crippen molar-refractivity contribution in [3.05, 3.63) is 12.7 Å². The summed E-state index contributed by atoms with van der Waals surface area (Å²) >= 11 is 0. The molecule has 0 aliphatic heterocycles. The third-order valence-electron chi connectivity index (χ3n) is 10.8. The van der Waals surface area contributed by atoms with E-state index >= 15 is 0 Å². The predicted molar refractivity (Wildman–Crippen MR) is 146 cm³/mol. The van der Waals surface area contributed by atoms with Gasteiger partial charge in [-0.1, -0.05) is 47.1 Å². The average molecular weight is 475 g/mol. The maximum absolute atomic E-state index is 10.5. The van der Waals surface area contributed by atoms with Crippen molar-refractivity contribution in [2.24, 2.45) is 46.8 Å². The van der Waals surface area contributed by atoms with E-state index in [0.717, 1.165) is 48.5 Å². The summed E-state index contributed by atoms with van der Waals surface area (Å²) in [4.78, 5) is 0. The van der Waals surface area contributed by atoms with E-state index in [1.807, 2.05) is 34.6 Å². The summed E-state index contributed by atoms with van der Waals surface area (Å²) in [5, 5.41) is 10.5. The van der Waals surface area contributed by atoms with Crippen LogP contribution >= 0.6 is 0 Å². The molecule has 2 nitrogen and oxygen atoms in total. The van der Waals surface area contributed by atoms with Crippen LogP contribution in [0, 0.1) is 46.8 Å². The molecule has 34 heavy (non-hydrogen) atoms. The molecule has 0 heterocycles. The molecule has 5 aliphatic carbocycles. The molecule has 0 amide bonds. The number of fused-ring (bicyclic) bond motifs is 5. The molecule has 5 rings (SSSR count). The fraction of sp³-hybridized carbons (Fsp3) is 0.938. The van der Waals surface area contributed by atoms with Gasteiger partial charge in [-0.05, 0) is 131 Å². The molecule has 0 saturated heterocycles. The highest BCUT2D eigenvalue weighted by Gasteiger charge is 2.59. The second kappa shape index (κ2) is 12.3. The van der Waals surface area contributed by atoms with Gasteiger partial charge in [0.2, 0.25) is 0 Å². The Balaban J connectivity index is 0.000000771. The van der Waals surface area contributed by atoms with E-state index in [1.165, 1.54) is 77.0 Å². The van der Waals surface area contributed by atoms with E-state index in [4.69, 9.17) is 4.74 Å². The Morgan fingerprint density at radius 2 is 1.65 bits per heavy atom. The Morgan fingerprint density at radius 1 is 0.912 bits per heavy atom. The van der Waals surface area contributed by atoms with Gasteiger partial charge in [0.25, 0.3) is 0 Å². The number of aliphatic hydroxyl groups excluding tert-OH is 1. The largest absolute Gasteiger partial charge is 0.393 e. The standard InChI is InChI=1S/C28H46O2.2C2H6/c1-4-17-30-28(21-9-10-21)15-6-7-22-20(18-28)8-11-24-23(22)14-16-27(5-2)25(19(3)29)12-13-26(24)27;2*1-2/h5,19-26,29H,2,4,6-18H2,1,3H3;2*1-2H3. The van der Waals surface area contributed by atoms with Gasteiger partial charge in [0, 0.05) is 6.61 Å². The monoisotopic (exact) mass is 474 g/mol. The Bertz CT molecular complexity index is 625. The summed E-state index contributed by atoms with van der Waals surface area (Å²) < 4.78 is 6.71. The molecule has 5 aliphatic rings. The highest BCUT2D eigenvalue weighted by atomic mass is 16.5. The van der Waals surface area contributed by atoms with E-state index in [0.29, 0.717) is 5.92 Å². The van der Waals surface area contributed by atoms with Gasteiger partial charge < -0.3 is 9.84 Å². The van der Waals surface area contributed by atoms with Crippen LogP contribution in [0.4, 0.5) is 0 Å². The molecule has 2 heteroatoms. The van der Waals surface area contributed by atoms with Crippen LogP contribution in [-0.2, 0) is 4.74 Å². The van der Waals surface area contributed by atoms with Gasteiger partial charge in [0.05, 0.1) is 11.7 Å². The van der Waals surface area contributed by atoms with Crippen LogP contribution in [0.15, 0.2) is 12.7 Å². The Morgan fingerprint density at radius 3 is 2.26 bits per heavy atom. The minimum atomic E-state index is -0.186. The lowest BCUT2D eigenvalue weighted by atomic mass is 9.50. The summed E-state index contributed by atoms with van der Waals surface area (Å²) in [5.41, 5.74) is 0.446. The van der Waals surface area contributed by atoms with E-state index in [1.54, 1.807) is 0 Å². The van der Waals surface area contributed by atoms with Crippen LogP contribution in [-0.4, -0.2) is 23.4 Å². The van der Waals surface area contributed by atoms with Gasteiger partial charge in [-0.3, -0.25) is 0 Å². The molecule has 9 unspecified atom stereocenters. The van der Waals surface area contributed by atoms with Crippen LogP contribution in [0.2, 0.25) is 0 Å². The zero-order valence-electron chi connectivity index (χ0n) is 23.7. The molecule has 198 valence electrons. The van der Waals surface area contributed by atoms with Crippen LogP contribution in [0.1, 0.15) is 125 Å². The zero-order chi connectivity index (χ0) is 24.9. The first-order chi connectivity index (χ1) is 16.5. The molecule has 0 bridgehead atoms. The van der Waals surface area contributed by atoms with Crippen molar-refractivity contribution in [1.29, 1.82) is 0 Å². The topological polar surface area (TPSA) is 29.5 Å². The average Bonchev–Trinajstić information content (AvgIpc) is 3.68. The smallest absolute Gasteiger partial charge is 0.0713 e. The Kier molecular flexibility index (Phi) is 10.2. The number of allylic oxidation sites excluding steroid dienone is 1. The van der Waals surface area contributed by atoms with Gasteiger partial charge in [-0.2, -0.15) is 0 Å². The first kappa shape index (κ1) is 28.2. The summed E-state index contributed by atoms with van der Waals surface area (Å²) in [5.74, 6) is 5.73. The fourth-order valence-electron chi connectivity index (χ4n) is 9.52. The lowest BCUT2D eigenvalue weighted by Gasteiger charge is -2.55. The van der Waals surface area contributed by atoms with Crippen molar-refractivity contribution in [1.82, 2.24) is 0 Å². The van der Waals surface area contributed by atoms with E-state index in [-0.39, 0.29) is 17.1 Å². The minimum absolute atomic E-state index is 0.186. The summed E-state index contributed by atoms with van der Waals surface area (Å²) in [7, 11) is 0. The number of aliphatic hydroxyl groups is 1. The minimum Gasteiger partial charge on any atom is -0.393 e. The lowest BCUT2D eigenvalue weighted by molar-refractivity contribution is -0.0976. The molecule has 5 saturated carbocycles. The van der Waals surface area contributed by atoms with Crippen LogP contribution < -0.4 is 0 Å².